The van der Waals surface area contributed by atoms with Crippen molar-refractivity contribution in [3.05, 3.63) is 108 Å². The van der Waals surface area contributed by atoms with E-state index in [0.717, 1.165) is 10.8 Å². The molecule has 0 radical (unpaired) electrons. The fourth-order valence-electron chi connectivity index (χ4n) is 3.47. The molecule has 0 aliphatic rings. The van der Waals surface area contributed by atoms with Gasteiger partial charge in [0.15, 0.2) is 5.82 Å². The van der Waals surface area contributed by atoms with E-state index in [0.29, 0.717) is 22.8 Å². The van der Waals surface area contributed by atoms with Crippen LogP contribution in [0.5, 0.6) is 0 Å². The summed E-state index contributed by atoms with van der Waals surface area (Å²) in [4.78, 5) is 17.4. The summed E-state index contributed by atoms with van der Waals surface area (Å²) in [6.07, 6.45) is 0. The minimum atomic E-state index is -0.495. The Bertz CT molecular complexity index is 1360. The molecule has 1 amide bonds. The molecule has 7 heteroatoms. The third-order valence-corrected chi connectivity index (χ3v) is 5.02. The molecular weight excluding hydrogens is 410 g/mol. The molecule has 0 fully saturated rings. The van der Waals surface area contributed by atoms with Gasteiger partial charge in [0, 0.05) is 16.6 Å². The first kappa shape index (κ1) is 19.6. The number of fused-ring (bicyclic) bond motifs is 1. The first-order chi connectivity index (χ1) is 15.6. The summed E-state index contributed by atoms with van der Waals surface area (Å²) in [7, 11) is 0. The SMILES string of the molecule is O=C(Nc1cccc2ccccc12)c1nc(-c2ccc(F)cc2)n(-c2ccc(F)cc2)n1. The van der Waals surface area contributed by atoms with Gasteiger partial charge in [0.2, 0.25) is 5.82 Å². The zero-order valence-corrected chi connectivity index (χ0v) is 16.7. The predicted octanol–water partition coefficient (Wildman–Crippen LogP) is 5.62. The Morgan fingerprint density at radius 2 is 1.44 bits per heavy atom. The van der Waals surface area contributed by atoms with E-state index in [1.54, 1.807) is 18.2 Å². The number of nitrogens with one attached hydrogen (secondary N) is 1. The molecule has 32 heavy (non-hydrogen) atoms. The number of nitrogens with zero attached hydrogens (tertiary/aromatic N) is 3. The smallest absolute Gasteiger partial charge is 0.295 e. The van der Waals surface area contributed by atoms with Gasteiger partial charge in [-0.15, -0.1) is 5.10 Å². The van der Waals surface area contributed by atoms with Gasteiger partial charge in [0.1, 0.15) is 11.6 Å². The third-order valence-electron chi connectivity index (χ3n) is 5.02. The van der Waals surface area contributed by atoms with Gasteiger partial charge in [-0.3, -0.25) is 4.79 Å². The third kappa shape index (κ3) is 3.72. The topological polar surface area (TPSA) is 59.8 Å². The highest BCUT2D eigenvalue weighted by molar-refractivity contribution is 6.07. The molecule has 0 bridgehead atoms. The van der Waals surface area contributed by atoms with Crippen molar-refractivity contribution >= 4 is 22.4 Å². The minimum Gasteiger partial charge on any atom is -0.319 e. The van der Waals surface area contributed by atoms with Crippen LogP contribution in [0.2, 0.25) is 0 Å². The minimum absolute atomic E-state index is 0.0680. The number of halogens is 2. The van der Waals surface area contributed by atoms with Crippen LogP contribution in [0.15, 0.2) is 91.0 Å². The summed E-state index contributed by atoms with van der Waals surface area (Å²) in [5, 5.41) is 9.11. The number of benzene rings is 4. The van der Waals surface area contributed by atoms with Crippen molar-refractivity contribution in [2.24, 2.45) is 0 Å². The van der Waals surface area contributed by atoms with E-state index in [1.165, 1.54) is 41.1 Å². The normalized spacial score (nSPS) is 10.9. The maximum atomic E-state index is 13.4. The number of hydrogen-bond donors (Lipinski definition) is 1. The van der Waals surface area contributed by atoms with Gasteiger partial charge >= 0.3 is 0 Å². The van der Waals surface area contributed by atoms with Gasteiger partial charge in [-0.2, -0.15) is 0 Å². The fraction of sp³-hybridized carbons (Fsp3) is 0. The monoisotopic (exact) mass is 426 g/mol. The Morgan fingerprint density at radius 1 is 0.781 bits per heavy atom. The van der Waals surface area contributed by atoms with E-state index >= 15 is 0 Å². The molecule has 0 atom stereocenters. The molecule has 5 nitrogen and oxygen atoms in total. The van der Waals surface area contributed by atoms with Crippen LogP contribution in [-0.2, 0) is 0 Å². The highest BCUT2D eigenvalue weighted by Crippen LogP contribution is 2.25. The number of rotatable bonds is 4. The highest BCUT2D eigenvalue weighted by Gasteiger charge is 2.19. The van der Waals surface area contributed by atoms with Crippen LogP contribution < -0.4 is 5.32 Å². The predicted molar refractivity (Wildman–Crippen MR) is 119 cm³/mol. The lowest BCUT2D eigenvalue weighted by molar-refractivity contribution is 0.101. The Labute approximate surface area is 182 Å². The quantitative estimate of drug-likeness (QED) is 0.406. The molecule has 5 rings (SSSR count). The highest BCUT2D eigenvalue weighted by atomic mass is 19.1. The number of hydrogen-bond acceptors (Lipinski definition) is 3. The maximum absolute atomic E-state index is 13.4. The van der Waals surface area contributed by atoms with Crippen molar-refractivity contribution in [1.82, 2.24) is 14.8 Å². The summed E-state index contributed by atoms with van der Waals surface area (Å²) in [5.41, 5.74) is 1.71. The zero-order chi connectivity index (χ0) is 22.1. The van der Waals surface area contributed by atoms with Gasteiger partial charge in [-0.25, -0.2) is 18.4 Å². The molecule has 0 saturated carbocycles. The van der Waals surface area contributed by atoms with Crippen LogP contribution in [0.4, 0.5) is 14.5 Å². The maximum Gasteiger partial charge on any atom is 0.295 e. The van der Waals surface area contributed by atoms with Crippen LogP contribution in [0.25, 0.3) is 27.8 Å². The number of carbonyl (C=O) groups is 1. The molecule has 5 aromatic rings. The first-order valence-electron chi connectivity index (χ1n) is 9.86. The molecule has 1 aromatic heterocycles. The summed E-state index contributed by atoms with van der Waals surface area (Å²) in [6, 6.07) is 24.7. The van der Waals surface area contributed by atoms with Crippen LogP contribution >= 0.6 is 0 Å². The lowest BCUT2D eigenvalue weighted by Crippen LogP contribution is -2.14. The summed E-state index contributed by atoms with van der Waals surface area (Å²) >= 11 is 0. The van der Waals surface area contributed by atoms with Crippen LogP contribution in [-0.4, -0.2) is 20.7 Å². The number of aromatic nitrogens is 3. The van der Waals surface area contributed by atoms with Crippen LogP contribution in [0.3, 0.4) is 0 Å². The molecule has 1 heterocycles. The zero-order valence-electron chi connectivity index (χ0n) is 16.7. The van der Waals surface area contributed by atoms with Gasteiger partial charge in [-0.1, -0.05) is 36.4 Å². The van der Waals surface area contributed by atoms with Gasteiger partial charge in [0.05, 0.1) is 5.69 Å². The second-order valence-corrected chi connectivity index (χ2v) is 7.13. The van der Waals surface area contributed by atoms with Crippen molar-refractivity contribution in [3.8, 4) is 17.1 Å². The number of anilines is 1. The largest absolute Gasteiger partial charge is 0.319 e. The number of carbonyl (C=O) groups excluding carboxylic acids is 1. The van der Waals surface area contributed by atoms with Gasteiger partial charge < -0.3 is 5.32 Å². The Balaban J connectivity index is 1.56. The van der Waals surface area contributed by atoms with Crippen molar-refractivity contribution in [1.29, 1.82) is 0 Å². The second-order valence-electron chi connectivity index (χ2n) is 7.13. The molecule has 4 aromatic carbocycles. The average molecular weight is 426 g/mol. The fourth-order valence-corrected chi connectivity index (χ4v) is 3.47. The van der Waals surface area contributed by atoms with E-state index in [2.05, 4.69) is 15.4 Å². The Hall–Kier alpha value is -4.39. The van der Waals surface area contributed by atoms with E-state index in [-0.39, 0.29) is 5.82 Å². The molecule has 0 spiro atoms. The molecule has 0 aliphatic heterocycles. The van der Waals surface area contributed by atoms with Crippen molar-refractivity contribution in [2.45, 2.75) is 0 Å². The van der Waals surface area contributed by atoms with Gasteiger partial charge in [-0.05, 0) is 60.0 Å². The first-order valence-corrected chi connectivity index (χ1v) is 9.86. The Morgan fingerprint density at radius 3 is 2.19 bits per heavy atom. The lowest BCUT2D eigenvalue weighted by atomic mass is 10.1. The van der Waals surface area contributed by atoms with Crippen LogP contribution in [0.1, 0.15) is 10.6 Å². The summed E-state index contributed by atoms with van der Waals surface area (Å²) in [5.74, 6) is -1.02. The van der Waals surface area contributed by atoms with Crippen molar-refractivity contribution < 1.29 is 13.6 Å². The molecule has 0 unspecified atom stereocenters. The Kier molecular flexibility index (Phi) is 4.91. The van der Waals surface area contributed by atoms with Gasteiger partial charge in [0.25, 0.3) is 5.91 Å². The van der Waals surface area contributed by atoms with Crippen LogP contribution in [0, 0.1) is 11.6 Å². The van der Waals surface area contributed by atoms with Crippen molar-refractivity contribution in [2.75, 3.05) is 5.32 Å². The molecule has 1 N–H and O–H groups in total. The lowest BCUT2D eigenvalue weighted by Gasteiger charge is -2.07. The molecular formula is C25H16F2N4O. The molecule has 156 valence electrons. The average Bonchev–Trinajstić information content (AvgIpc) is 3.26. The standard InChI is InChI=1S/C25H16F2N4O/c26-18-10-8-17(9-11-18)24-29-23(30-31(24)20-14-12-19(27)13-15-20)25(32)28-22-7-3-5-16-4-1-2-6-21(16)22/h1-15H,(H,28,32). The number of amides is 1. The van der Waals surface area contributed by atoms with E-state index in [4.69, 9.17) is 0 Å². The van der Waals surface area contributed by atoms with E-state index < -0.39 is 17.5 Å². The van der Waals surface area contributed by atoms with E-state index in [9.17, 15) is 13.6 Å². The summed E-state index contributed by atoms with van der Waals surface area (Å²) < 4.78 is 28.3. The second kappa shape index (κ2) is 8.03. The van der Waals surface area contributed by atoms with Crippen molar-refractivity contribution in [3.63, 3.8) is 0 Å². The molecule has 0 aliphatic carbocycles. The summed E-state index contributed by atoms with van der Waals surface area (Å²) in [6.45, 7) is 0. The van der Waals surface area contributed by atoms with E-state index in [1.807, 2.05) is 36.4 Å². The molecule has 0 saturated heterocycles.